The van der Waals surface area contributed by atoms with Crippen LogP contribution in [0.25, 0.3) is 27.7 Å². The molecule has 5 rings (SSSR count). The van der Waals surface area contributed by atoms with E-state index in [1.54, 1.807) is 0 Å². The molecule has 2 unspecified atom stereocenters. The van der Waals surface area contributed by atoms with E-state index in [2.05, 4.69) is 39.2 Å². The summed E-state index contributed by atoms with van der Waals surface area (Å²) in [5.74, 6) is 0. The Labute approximate surface area is 141 Å². The third kappa shape index (κ3) is 2.04. The zero-order chi connectivity index (χ0) is 16.3. The summed E-state index contributed by atoms with van der Waals surface area (Å²) in [7, 11) is 4.20. The van der Waals surface area contributed by atoms with Crippen molar-refractivity contribution in [2.45, 2.75) is 31.3 Å². The number of fused-ring (bicyclic) bond motifs is 3. The zero-order valence-electron chi connectivity index (χ0n) is 14.0. The molecule has 122 valence electrons. The molecule has 1 fully saturated rings. The number of pyridine rings is 1. The van der Waals surface area contributed by atoms with Crippen molar-refractivity contribution < 1.29 is 0 Å². The van der Waals surface area contributed by atoms with Gasteiger partial charge in [-0.1, -0.05) is 6.08 Å². The lowest BCUT2D eigenvalue weighted by molar-refractivity contribution is 0.264. The molecule has 5 nitrogen and oxygen atoms in total. The van der Waals surface area contributed by atoms with Crippen molar-refractivity contribution in [1.82, 2.24) is 24.6 Å². The number of aromatic nitrogens is 4. The molecule has 1 N–H and O–H groups in total. The molecule has 0 amide bonds. The van der Waals surface area contributed by atoms with Gasteiger partial charge in [0.05, 0.1) is 6.20 Å². The molecule has 3 aromatic rings. The minimum absolute atomic E-state index is 0.596. The highest BCUT2D eigenvalue weighted by atomic mass is 15.2. The Morgan fingerprint density at radius 1 is 1.17 bits per heavy atom. The van der Waals surface area contributed by atoms with Crippen molar-refractivity contribution in [3.63, 3.8) is 0 Å². The van der Waals surface area contributed by atoms with E-state index >= 15 is 0 Å². The highest BCUT2D eigenvalue weighted by molar-refractivity contribution is 5.95. The van der Waals surface area contributed by atoms with Crippen LogP contribution in [-0.4, -0.2) is 43.8 Å². The smallest absolute Gasteiger partial charge is 0.137 e. The van der Waals surface area contributed by atoms with Crippen molar-refractivity contribution in [1.29, 1.82) is 0 Å². The summed E-state index contributed by atoms with van der Waals surface area (Å²) in [4.78, 5) is 10.5. The summed E-state index contributed by atoms with van der Waals surface area (Å²) in [6.45, 7) is 0. The Bertz CT molecular complexity index is 948. The van der Waals surface area contributed by atoms with E-state index in [1.165, 1.54) is 34.9 Å². The van der Waals surface area contributed by atoms with Gasteiger partial charge in [-0.3, -0.25) is 9.58 Å². The fourth-order valence-corrected chi connectivity index (χ4v) is 4.23. The summed E-state index contributed by atoms with van der Waals surface area (Å²) >= 11 is 0. The van der Waals surface area contributed by atoms with E-state index in [4.69, 9.17) is 0 Å². The second-order valence-corrected chi connectivity index (χ2v) is 7.09. The maximum Gasteiger partial charge on any atom is 0.137 e. The average Bonchev–Trinajstić information content (AvgIpc) is 3.23. The van der Waals surface area contributed by atoms with Crippen LogP contribution >= 0.6 is 0 Å². The molecule has 24 heavy (non-hydrogen) atoms. The number of nitrogens with zero attached hydrogens (tertiary/aromatic N) is 4. The van der Waals surface area contributed by atoms with Crippen molar-refractivity contribution >= 4 is 16.6 Å². The zero-order valence-corrected chi connectivity index (χ0v) is 14.0. The number of hydrogen-bond donors (Lipinski definition) is 1. The van der Waals surface area contributed by atoms with Gasteiger partial charge in [-0.05, 0) is 43.5 Å². The second-order valence-electron chi connectivity index (χ2n) is 7.09. The van der Waals surface area contributed by atoms with Crippen LogP contribution < -0.4 is 0 Å². The largest absolute Gasteiger partial charge is 0.346 e. The molecule has 2 aliphatic heterocycles. The number of hydrogen-bond acceptors (Lipinski definition) is 3. The maximum absolute atomic E-state index is 4.66. The third-order valence-corrected chi connectivity index (χ3v) is 5.66. The molecular weight excluding hydrogens is 298 g/mol. The Morgan fingerprint density at radius 3 is 2.88 bits per heavy atom. The summed E-state index contributed by atoms with van der Waals surface area (Å²) in [6.07, 6.45) is 14.2. The van der Waals surface area contributed by atoms with Crippen LogP contribution in [0.4, 0.5) is 0 Å². The first-order valence-corrected chi connectivity index (χ1v) is 8.58. The average molecular weight is 319 g/mol. The number of nitrogens with one attached hydrogen (secondary N) is 1. The van der Waals surface area contributed by atoms with Crippen LogP contribution in [0.3, 0.4) is 0 Å². The first-order valence-electron chi connectivity index (χ1n) is 8.58. The highest BCUT2D eigenvalue weighted by Gasteiger charge is 2.34. The molecule has 2 bridgehead atoms. The van der Waals surface area contributed by atoms with E-state index in [0.29, 0.717) is 12.1 Å². The van der Waals surface area contributed by atoms with Gasteiger partial charge in [-0.15, -0.1) is 0 Å². The van der Waals surface area contributed by atoms with Gasteiger partial charge in [0, 0.05) is 54.2 Å². The van der Waals surface area contributed by atoms with Gasteiger partial charge < -0.3 is 4.98 Å². The summed E-state index contributed by atoms with van der Waals surface area (Å²) in [5, 5.41) is 5.47. The predicted octanol–water partition coefficient (Wildman–Crippen LogP) is 3.21. The molecule has 0 aliphatic carbocycles. The summed E-state index contributed by atoms with van der Waals surface area (Å²) < 4.78 is 1.84. The van der Waals surface area contributed by atoms with Gasteiger partial charge in [-0.25, -0.2) is 4.98 Å². The van der Waals surface area contributed by atoms with Crippen molar-refractivity contribution in [3.05, 3.63) is 42.5 Å². The Hall–Kier alpha value is -2.40. The number of aromatic amines is 1. The van der Waals surface area contributed by atoms with E-state index in [1.807, 2.05) is 36.5 Å². The number of aryl methyl sites for hydroxylation is 1. The van der Waals surface area contributed by atoms with Gasteiger partial charge in [0.2, 0.25) is 0 Å². The Morgan fingerprint density at radius 2 is 2.08 bits per heavy atom. The second kappa shape index (κ2) is 5.05. The van der Waals surface area contributed by atoms with E-state index in [0.717, 1.165) is 17.6 Å². The van der Waals surface area contributed by atoms with Gasteiger partial charge in [-0.2, -0.15) is 5.10 Å². The standard InChI is InChI=1S/C19H21N5/c1-23-11-14(9-22-23)18-10-21-19-17(18)7-13(8-20-19)12-5-15-3-4-16(6-12)24(15)2/h5,7-11,15-16H,3-4,6H2,1-2H3,(H,20,21). The normalized spacial score (nSPS) is 23.8. The Balaban J connectivity index is 1.60. The van der Waals surface area contributed by atoms with E-state index in [9.17, 15) is 0 Å². The molecule has 3 aromatic heterocycles. The van der Waals surface area contributed by atoms with Gasteiger partial charge >= 0.3 is 0 Å². The highest BCUT2D eigenvalue weighted by Crippen LogP contribution is 2.38. The van der Waals surface area contributed by atoms with Crippen LogP contribution in [-0.2, 0) is 7.05 Å². The van der Waals surface area contributed by atoms with Crippen LogP contribution in [0, 0.1) is 0 Å². The van der Waals surface area contributed by atoms with Crippen LogP contribution in [0.2, 0.25) is 0 Å². The van der Waals surface area contributed by atoms with Crippen molar-refractivity contribution in [2.24, 2.45) is 7.05 Å². The molecule has 1 saturated heterocycles. The van der Waals surface area contributed by atoms with Gasteiger partial charge in [0.15, 0.2) is 0 Å². The molecule has 5 heterocycles. The summed E-state index contributed by atoms with van der Waals surface area (Å²) in [6, 6.07) is 3.57. The minimum atomic E-state index is 0.596. The lowest BCUT2D eigenvalue weighted by Gasteiger charge is -2.30. The number of likely N-dealkylation sites (N-methyl/N-ethyl adjacent to an activating group) is 1. The van der Waals surface area contributed by atoms with Crippen LogP contribution in [0.5, 0.6) is 0 Å². The van der Waals surface area contributed by atoms with E-state index < -0.39 is 0 Å². The van der Waals surface area contributed by atoms with Crippen molar-refractivity contribution in [2.75, 3.05) is 7.05 Å². The van der Waals surface area contributed by atoms with Gasteiger partial charge in [0.25, 0.3) is 0 Å². The minimum Gasteiger partial charge on any atom is -0.346 e. The molecule has 5 heteroatoms. The monoisotopic (exact) mass is 319 g/mol. The third-order valence-electron chi connectivity index (χ3n) is 5.66. The molecule has 2 atom stereocenters. The fourth-order valence-electron chi connectivity index (χ4n) is 4.23. The molecule has 0 saturated carbocycles. The van der Waals surface area contributed by atoms with Crippen LogP contribution in [0.1, 0.15) is 24.8 Å². The molecule has 0 radical (unpaired) electrons. The van der Waals surface area contributed by atoms with Crippen LogP contribution in [0.15, 0.2) is 36.9 Å². The first kappa shape index (κ1) is 14.0. The number of rotatable bonds is 2. The lowest BCUT2D eigenvalue weighted by atomic mass is 9.95. The molecule has 0 aromatic carbocycles. The van der Waals surface area contributed by atoms with Crippen molar-refractivity contribution in [3.8, 4) is 11.1 Å². The van der Waals surface area contributed by atoms with Gasteiger partial charge in [0.1, 0.15) is 5.65 Å². The molecule has 2 aliphatic rings. The van der Waals surface area contributed by atoms with E-state index in [-0.39, 0.29) is 0 Å². The molecular formula is C19H21N5. The summed E-state index contributed by atoms with van der Waals surface area (Å²) in [5.41, 5.74) is 5.95. The SMILES string of the molecule is CN1C2C=C(c3cnc4[nH]cc(-c5cnn(C)c5)c4c3)CC1CC2. The quantitative estimate of drug-likeness (QED) is 0.789. The predicted molar refractivity (Wildman–Crippen MR) is 95.5 cm³/mol. The Kier molecular flexibility index (Phi) is 2.94. The molecule has 0 spiro atoms. The topological polar surface area (TPSA) is 49.7 Å². The lowest BCUT2D eigenvalue weighted by Crippen LogP contribution is -2.34. The first-order chi connectivity index (χ1) is 11.7. The fraction of sp³-hybridized carbons (Fsp3) is 0.368. The maximum atomic E-state index is 4.66. The number of H-pyrrole nitrogens is 1.